The van der Waals surface area contributed by atoms with Crippen molar-refractivity contribution in [2.45, 2.75) is 6.92 Å². The molecular weight excluding hydrogens is 190 g/mol. The first-order valence-corrected chi connectivity index (χ1v) is 3.68. The van der Waals surface area contributed by atoms with E-state index in [9.17, 15) is 4.79 Å². The first kappa shape index (κ1) is 14.7. The third-order valence-corrected chi connectivity index (χ3v) is 1.03. The Balaban J connectivity index is 0. The first-order chi connectivity index (χ1) is 5.33. The van der Waals surface area contributed by atoms with Gasteiger partial charge < -0.3 is 21.6 Å². The fourth-order valence-electron chi connectivity index (χ4n) is 0.375. The summed E-state index contributed by atoms with van der Waals surface area (Å²) in [6, 6.07) is 0. The zero-order valence-corrected chi connectivity index (χ0v) is 9.26. The molecule has 0 heterocycles. The quantitative estimate of drug-likeness (QED) is 0.237. The highest BCUT2D eigenvalue weighted by atomic mass is 35.5. The highest BCUT2D eigenvalue weighted by Gasteiger charge is 2.03. The minimum atomic E-state index is -0.389. The van der Waals surface area contributed by atoms with Crippen LogP contribution in [0, 0.1) is 0 Å². The number of hydrogen-bond acceptors (Lipinski definition) is 2. The summed E-state index contributed by atoms with van der Waals surface area (Å²) < 4.78 is 5.36. The molecule has 0 aliphatic heterocycles. The van der Waals surface area contributed by atoms with Crippen molar-refractivity contribution < 1.29 is 26.4 Å². The maximum absolute atomic E-state index is 10.8. The van der Waals surface area contributed by atoms with Crippen LogP contribution in [-0.2, 0) is 9.53 Å². The van der Waals surface area contributed by atoms with E-state index >= 15 is 0 Å². The van der Waals surface area contributed by atoms with Gasteiger partial charge in [-0.2, -0.15) is 0 Å². The van der Waals surface area contributed by atoms with Crippen LogP contribution in [0.4, 0.5) is 0 Å². The average molecular weight is 206 g/mol. The molecule has 3 nitrogen and oxygen atoms in total. The van der Waals surface area contributed by atoms with E-state index in [1.54, 1.807) is 13.1 Å². The molecule has 0 bridgehead atoms. The molecule has 0 unspecified atom stereocenters. The van der Waals surface area contributed by atoms with E-state index in [1.807, 2.05) is 21.1 Å². The fourth-order valence-corrected chi connectivity index (χ4v) is 0.375. The molecule has 0 aromatic heterocycles. The number of carbonyl (C=O) groups is 1. The van der Waals surface area contributed by atoms with Crippen molar-refractivity contribution in [1.82, 2.24) is 0 Å². The summed E-state index contributed by atoms with van der Waals surface area (Å²) >= 11 is 0. The fraction of sp³-hybridized carbons (Fsp3) is 0.444. The van der Waals surface area contributed by atoms with Gasteiger partial charge >= 0.3 is 5.97 Å². The number of halogens is 1. The molecule has 0 radical (unpaired) electrons. The number of quaternary nitrogens is 1. The Morgan fingerprint density at radius 2 is 1.85 bits per heavy atom. The van der Waals surface area contributed by atoms with Gasteiger partial charge in [0.15, 0.2) is 0 Å². The van der Waals surface area contributed by atoms with Gasteiger partial charge in [0.25, 0.3) is 0 Å². The molecule has 0 aliphatic carbocycles. The van der Waals surface area contributed by atoms with Crippen LogP contribution in [0.1, 0.15) is 6.92 Å². The molecule has 0 atom stereocenters. The van der Waals surface area contributed by atoms with Gasteiger partial charge in [0.2, 0.25) is 0 Å². The third-order valence-electron chi connectivity index (χ3n) is 1.03. The van der Waals surface area contributed by atoms with Crippen LogP contribution in [0.5, 0.6) is 0 Å². The lowest BCUT2D eigenvalue weighted by Crippen LogP contribution is -3.00. The van der Waals surface area contributed by atoms with Crippen molar-refractivity contribution in [2.75, 3.05) is 21.1 Å². The van der Waals surface area contributed by atoms with Gasteiger partial charge in [-0.3, -0.25) is 0 Å². The average Bonchev–Trinajstić information content (AvgIpc) is 1.84. The minimum Gasteiger partial charge on any atom is -1.00 e. The molecule has 0 saturated heterocycles. The van der Waals surface area contributed by atoms with E-state index in [4.69, 9.17) is 4.74 Å². The Hall–Kier alpha value is -0.800. The second-order valence-corrected chi connectivity index (χ2v) is 3.59. The molecule has 0 aromatic rings. The second kappa shape index (κ2) is 5.78. The molecule has 4 heteroatoms. The Morgan fingerprint density at radius 3 is 2.15 bits per heavy atom. The van der Waals surface area contributed by atoms with Crippen LogP contribution < -0.4 is 12.4 Å². The van der Waals surface area contributed by atoms with Crippen LogP contribution >= 0.6 is 0 Å². The molecule has 0 rings (SSSR count). The van der Waals surface area contributed by atoms with Gasteiger partial charge in [-0.25, -0.2) is 4.79 Å². The van der Waals surface area contributed by atoms with Gasteiger partial charge in [-0.05, 0) is 6.92 Å². The zero-order chi connectivity index (χ0) is 9.78. The largest absolute Gasteiger partial charge is 1.00 e. The van der Waals surface area contributed by atoms with Crippen LogP contribution in [0.3, 0.4) is 0 Å². The van der Waals surface area contributed by atoms with Crippen molar-refractivity contribution in [1.29, 1.82) is 0 Å². The molecule has 0 fully saturated rings. The molecule has 0 saturated carbocycles. The van der Waals surface area contributed by atoms with Crippen LogP contribution in [0.2, 0.25) is 0 Å². The molecule has 0 N–H and O–H groups in total. The van der Waals surface area contributed by atoms with Crippen molar-refractivity contribution >= 4 is 5.97 Å². The van der Waals surface area contributed by atoms with E-state index in [2.05, 4.69) is 6.58 Å². The zero-order valence-electron chi connectivity index (χ0n) is 8.50. The Labute approximate surface area is 85.7 Å². The van der Waals surface area contributed by atoms with Gasteiger partial charge in [-0.1, -0.05) is 6.58 Å². The summed E-state index contributed by atoms with van der Waals surface area (Å²) in [5.41, 5.74) is 0.404. The SMILES string of the molecule is C=C(C)C(=O)OC=C[N+](C)(C)C.[Cl-]. The summed E-state index contributed by atoms with van der Waals surface area (Å²) in [6.45, 7) is 5.07. The van der Waals surface area contributed by atoms with E-state index in [0.717, 1.165) is 0 Å². The monoisotopic (exact) mass is 205 g/mol. The molecule has 0 aromatic carbocycles. The van der Waals surface area contributed by atoms with E-state index < -0.39 is 0 Å². The van der Waals surface area contributed by atoms with Crippen molar-refractivity contribution in [3.8, 4) is 0 Å². The summed E-state index contributed by atoms with van der Waals surface area (Å²) in [6.07, 6.45) is 3.15. The Morgan fingerprint density at radius 1 is 1.38 bits per heavy atom. The standard InChI is InChI=1S/C9H16NO2.ClH/c1-8(2)9(11)12-7-6-10(3,4)5;/h6-7H,1H2,2-5H3;1H/q+1;/p-1. The third kappa shape index (κ3) is 9.11. The van der Waals surface area contributed by atoms with Crippen molar-refractivity contribution in [3.05, 3.63) is 24.6 Å². The maximum Gasteiger partial charge on any atom is 0.338 e. The molecule has 0 amide bonds. The number of nitrogens with zero attached hydrogens (tertiary/aromatic N) is 1. The van der Waals surface area contributed by atoms with Crippen LogP contribution in [-0.4, -0.2) is 31.6 Å². The predicted octanol–water partition coefficient (Wildman–Crippen LogP) is -1.71. The normalized spacial score (nSPS) is 10.8. The molecule has 76 valence electrons. The van der Waals surface area contributed by atoms with Gasteiger partial charge in [0.05, 0.1) is 21.1 Å². The number of carbonyl (C=O) groups excluding carboxylic acids is 1. The van der Waals surface area contributed by atoms with Gasteiger partial charge in [0, 0.05) is 5.57 Å². The minimum absolute atomic E-state index is 0. The number of ether oxygens (including phenoxy) is 1. The van der Waals surface area contributed by atoms with E-state index in [-0.39, 0.29) is 18.4 Å². The Bertz CT molecular complexity index is 216. The van der Waals surface area contributed by atoms with Crippen LogP contribution in [0.15, 0.2) is 24.6 Å². The van der Waals surface area contributed by atoms with Gasteiger partial charge in [-0.15, -0.1) is 0 Å². The number of esters is 1. The molecule has 0 aliphatic rings. The molecule has 13 heavy (non-hydrogen) atoms. The predicted molar refractivity (Wildman–Crippen MR) is 48.1 cm³/mol. The number of hydrogen-bond donors (Lipinski definition) is 0. The highest BCUT2D eigenvalue weighted by molar-refractivity contribution is 5.87. The van der Waals surface area contributed by atoms with Crippen molar-refractivity contribution in [3.63, 3.8) is 0 Å². The molecule has 0 spiro atoms. The summed E-state index contributed by atoms with van der Waals surface area (Å²) in [5.74, 6) is -0.389. The Kier molecular flexibility index (Phi) is 6.54. The maximum atomic E-state index is 10.8. The summed E-state index contributed by atoms with van der Waals surface area (Å²) in [4.78, 5) is 10.8. The summed E-state index contributed by atoms with van der Waals surface area (Å²) in [7, 11) is 5.89. The highest BCUT2D eigenvalue weighted by Crippen LogP contribution is 1.95. The smallest absolute Gasteiger partial charge is 0.338 e. The van der Waals surface area contributed by atoms with Crippen molar-refractivity contribution in [2.24, 2.45) is 0 Å². The topological polar surface area (TPSA) is 26.3 Å². The lowest BCUT2D eigenvalue weighted by molar-refractivity contribution is -0.817. The second-order valence-electron chi connectivity index (χ2n) is 3.59. The lowest BCUT2D eigenvalue weighted by Gasteiger charge is -2.16. The van der Waals surface area contributed by atoms with E-state index in [0.29, 0.717) is 10.1 Å². The first-order valence-electron chi connectivity index (χ1n) is 3.68. The van der Waals surface area contributed by atoms with Gasteiger partial charge in [0.1, 0.15) is 12.5 Å². The number of rotatable bonds is 3. The molecular formula is C9H16ClNO2. The summed E-state index contributed by atoms with van der Waals surface area (Å²) in [5, 5.41) is 0. The lowest BCUT2D eigenvalue weighted by atomic mass is 10.4. The van der Waals surface area contributed by atoms with E-state index in [1.165, 1.54) is 6.26 Å². The van der Waals surface area contributed by atoms with Crippen LogP contribution in [0.25, 0.3) is 0 Å².